The molecule has 2 heteroatoms. The minimum Gasteiger partial charge on any atom is -0.313 e. The van der Waals surface area contributed by atoms with Crippen molar-refractivity contribution >= 4 is 11.8 Å². The molecule has 0 saturated heterocycles. The Morgan fingerprint density at radius 2 is 1.80 bits per heavy atom. The Morgan fingerprint density at radius 3 is 2.40 bits per heavy atom. The van der Waals surface area contributed by atoms with Crippen molar-refractivity contribution in [2.24, 2.45) is 5.92 Å². The maximum atomic E-state index is 3.71. The second-order valence-electron chi connectivity index (χ2n) is 6.22. The van der Waals surface area contributed by atoms with Gasteiger partial charge < -0.3 is 5.32 Å². The maximum Gasteiger partial charge on any atom is 0.0186 e. The summed E-state index contributed by atoms with van der Waals surface area (Å²) >= 11 is 2.10. The standard InChI is InChI=1S/C18H29NS/c1-4-19-18(17-7-5-6-8-17)13-20-12-16-10-14(2)9-15(3)11-16/h9-11,17-19H,4-8,12-13H2,1-3H3. The monoisotopic (exact) mass is 291 g/mol. The molecule has 0 spiro atoms. The smallest absolute Gasteiger partial charge is 0.0186 e. The van der Waals surface area contributed by atoms with E-state index >= 15 is 0 Å². The van der Waals surface area contributed by atoms with Crippen LogP contribution in [0.1, 0.15) is 49.3 Å². The fourth-order valence-corrected chi connectivity index (χ4v) is 4.60. The van der Waals surface area contributed by atoms with E-state index in [0.29, 0.717) is 0 Å². The van der Waals surface area contributed by atoms with E-state index in [4.69, 9.17) is 0 Å². The largest absolute Gasteiger partial charge is 0.313 e. The first-order valence-corrected chi connectivity index (χ1v) is 9.23. The van der Waals surface area contributed by atoms with Crippen LogP contribution in [0, 0.1) is 19.8 Å². The van der Waals surface area contributed by atoms with Gasteiger partial charge in [-0.2, -0.15) is 11.8 Å². The highest BCUT2D eigenvalue weighted by Gasteiger charge is 2.23. The van der Waals surface area contributed by atoms with Crippen LogP contribution < -0.4 is 5.32 Å². The lowest BCUT2D eigenvalue weighted by molar-refractivity contribution is 0.394. The molecule has 1 N–H and O–H groups in total. The van der Waals surface area contributed by atoms with Gasteiger partial charge in [0.25, 0.3) is 0 Å². The molecule has 2 rings (SSSR count). The van der Waals surface area contributed by atoms with Crippen molar-refractivity contribution in [2.75, 3.05) is 12.3 Å². The molecule has 1 aromatic rings. The summed E-state index contributed by atoms with van der Waals surface area (Å²) in [7, 11) is 0. The van der Waals surface area contributed by atoms with Crippen molar-refractivity contribution < 1.29 is 0 Å². The summed E-state index contributed by atoms with van der Waals surface area (Å²) in [4.78, 5) is 0. The first-order valence-electron chi connectivity index (χ1n) is 8.07. The molecule has 0 heterocycles. The van der Waals surface area contributed by atoms with Crippen molar-refractivity contribution in [1.29, 1.82) is 0 Å². The van der Waals surface area contributed by atoms with Crippen LogP contribution in [-0.4, -0.2) is 18.3 Å². The van der Waals surface area contributed by atoms with Crippen molar-refractivity contribution in [3.8, 4) is 0 Å². The van der Waals surface area contributed by atoms with Gasteiger partial charge in [-0.05, 0) is 44.7 Å². The number of benzene rings is 1. The van der Waals surface area contributed by atoms with Crippen molar-refractivity contribution in [3.05, 3.63) is 34.9 Å². The predicted octanol–water partition coefficient (Wildman–Crippen LogP) is 4.70. The molecule has 1 fully saturated rings. The predicted molar refractivity (Wildman–Crippen MR) is 91.5 cm³/mol. The third-order valence-corrected chi connectivity index (χ3v) is 5.42. The molecule has 0 radical (unpaired) electrons. The van der Waals surface area contributed by atoms with Crippen molar-refractivity contribution in [1.82, 2.24) is 5.32 Å². The van der Waals surface area contributed by atoms with Gasteiger partial charge in [-0.25, -0.2) is 0 Å². The lowest BCUT2D eigenvalue weighted by Gasteiger charge is -2.24. The van der Waals surface area contributed by atoms with Gasteiger partial charge in [0.2, 0.25) is 0 Å². The number of hydrogen-bond acceptors (Lipinski definition) is 2. The molecule has 1 aliphatic rings. The molecule has 1 aliphatic carbocycles. The molecule has 1 saturated carbocycles. The van der Waals surface area contributed by atoms with E-state index in [1.54, 1.807) is 0 Å². The second-order valence-corrected chi connectivity index (χ2v) is 7.25. The Kier molecular flexibility index (Phi) is 6.44. The van der Waals surface area contributed by atoms with Crippen molar-refractivity contribution in [3.63, 3.8) is 0 Å². The molecule has 0 bridgehead atoms. The van der Waals surface area contributed by atoms with Gasteiger partial charge in [-0.1, -0.05) is 49.1 Å². The molecule has 20 heavy (non-hydrogen) atoms. The van der Waals surface area contributed by atoms with Gasteiger partial charge in [0, 0.05) is 17.5 Å². The number of nitrogens with one attached hydrogen (secondary N) is 1. The van der Waals surface area contributed by atoms with Crippen LogP contribution in [0.4, 0.5) is 0 Å². The number of hydrogen-bond donors (Lipinski definition) is 1. The first-order chi connectivity index (χ1) is 9.69. The van der Waals surface area contributed by atoms with E-state index < -0.39 is 0 Å². The third-order valence-electron chi connectivity index (χ3n) is 4.28. The highest BCUT2D eigenvalue weighted by Crippen LogP contribution is 2.30. The van der Waals surface area contributed by atoms with Crippen molar-refractivity contribution in [2.45, 2.75) is 58.2 Å². The topological polar surface area (TPSA) is 12.0 Å². The molecule has 1 nitrogen and oxygen atoms in total. The normalized spacial score (nSPS) is 17.6. The summed E-state index contributed by atoms with van der Waals surface area (Å²) in [5.41, 5.74) is 4.26. The van der Waals surface area contributed by atoms with Crippen LogP contribution in [0.3, 0.4) is 0 Å². The van der Waals surface area contributed by atoms with E-state index in [9.17, 15) is 0 Å². The SMILES string of the molecule is CCNC(CSCc1cc(C)cc(C)c1)C1CCCC1. The van der Waals surface area contributed by atoms with Crippen LogP contribution in [-0.2, 0) is 5.75 Å². The van der Waals surface area contributed by atoms with E-state index in [-0.39, 0.29) is 0 Å². The van der Waals surface area contributed by atoms with Gasteiger partial charge in [-0.3, -0.25) is 0 Å². The minimum absolute atomic E-state index is 0.721. The summed E-state index contributed by atoms with van der Waals surface area (Å²) in [6.07, 6.45) is 5.74. The highest BCUT2D eigenvalue weighted by atomic mass is 32.2. The van der Waals surface area contributed by atoms with Gasteiger partial charge in [-0.15, -0.1) is 0 Å². The number of thioether (sulfide) groups is 1. The van der Waals surface area contributed by atoms with Gasteiger partial charge in [0.1, 0.15) is 0 Å². The van der Waals surface area contributed by atoms with Crippen LogP contribution in [0.15, 0.2) is 18.2 Å². The Balaban J connectivity index is 1.82. The molecule has 112 valence electrons. The number of aryl methyl sites for hydroxylation is 2. The van der Waals surface area contributed by atoms with Crippen LogP contribution in [0.25, 0.3) is 0 Å². The second kappa shape index (κ2) is 8.09. The Morgan fingerprint density at radius 1 is 1.15 bits per heavy atom. The summed E-state index contributed by atoms with van der Waals surface area (Å²) < 4.78 is 0. The average Bonchev–Trinajstić information content (AvgIpc) is 2.90. The minimum atomic E-state index is 0.721. The van der Waals surface area contributed by atoms with Crippen LogP contribution in [0.5, 0.6) is 0 Å². The zero-order valence-corrected chi connectivity index (χ0v) is 14.1. The molecule has 0 aromatic heterocycles. The summed E-state index contributed by atoms with van der Waals surface area (Å²) in [6, 6.07) is 7.64. The lowest BCUT2D eigenvalue weighted by atomic mass is 10.00. The fraction of sp³-hybridized carbons (Fsp3) is 0.667. The molecule has 0 amide bonds. The molecule has 1 atom stereocenters. The van der Waals surface area contributed by atoms with Gasteiger partial charge in [0.15, 0.2) is 0 Å². The maximum absolute atomic E-state index is 3.71. The van der Waals surface area contributed by atoms with E-state index in [2.05, 4.69) is 56.0 Å². The van der Waals surface area contributed by atoms with Crippen LogP contribution in [0.2, 0.25) is 0 Å². The third kappa shape index (κ3) is 4.82. The van der Waals surface area contributed by atoms with Gasteiger partial charge >= 0.3 is 0 Å². The molecular weight excluding hydrogens is 262 g/mol. The summed E-state index contributed by atoms with van der Waals surface area (Å²) in [5, 5.41) is 3.71. The summed E-state index contributed by atoms with van der Waals surface area (Å²) in [6.45, 7) is 7.73. The van der Waals surface area contributed by atoms with Gasteiger partial charge in [0.05, 0.1) is 0 Å². The van der Waals surface area contributed by atoms with E-state index in [0.717, 1.165) is 24.3 Å². The molecule has 0 aliphatic heterocycles. The Bertz CT molecular complexity index is 390. The molecule has 1 unspecified atom stereocenters. The highest BCUT2D eigenvalue weighted by molar-refractivity contribution is 7.98. The summed E-state index contributed by atoms with van der Waals surface area (Å²) in [5.74, 6) is 3.32. The zero-order chi connectivity index (χ0) is 14.4. The molecular formula is C18H29NS. The number of rotatable bonds is 7. The molecule has 1 aromatic carbocycles. The van der Waals surface area contributed by atoms with E-state index in [1.165, 1.54) is 48.1 Å². The quantitative estimate of drug-likeness (QED) is 0.781. The Labute approximate surface area is 128 Å². The Hall–Kier alpha value is -0.470. The van der Waals surface area contributed by atoms with Crippen LogP contribution >= 0.6 is 11.8 Å². The van der Waals surface area contributed by atoms with E-state index in [1.807, 2.05) is 0 Å². The lowest BCUT2D eigenvalue weighted by Crippen LogP contribution is -2.37. The zero-order valence-electron chi connectivity index (χ0n) is 13.2. The average molecular weight is 292 g/mol. The fourth-order valence-electron chi connectivity index (χ4n) is 3.44. The first kappa shape index (κ1) is 15.9.